The number of rotatable bonds is 10. The van der Waals surface area contributed by atoms with E-state index in [4.69, 9.17) is 14.2 Å². The molecule has 38 heavy (non-hydrogen) atoms. The number of benzene rings is 3. The van der Waals surface area contributed by atoms with Crippen molar-refractivity contribution in [1.29, 1.82) is 0 Å². The molecule has 9 nitrogen and oxygen atoms in total. The molecule has 4 aromatic rings. The monoisotopic (exact) mass is 531 g/mol. The van der Waals surface area contributed by atoms with Crippen LogP contribution in [0.15, 0.2) is 70.9 Å². The molecule has 0 spiro atoms. The van der Waals surface area contributed by atoms with Gasteiger partial charge in [-0.15, -0.1) is 10.2 Å². The smallest absolute Gasteiger partial charge is 0.250 e. The van der Waals surface area contributed by atoms with Gasteiger partial charge >= 0.3 is 0 Å². The van der Waals surface area contributed by atoms with E-state index in [0.717, 1.165) is 22.4 Å². The van der Waals surface area contributed by atoms with Crippen LogP contribution < -0.4 is 19.6 Å². The van der Waals surface area contributed by atoms with Gasteiger partial charge in [0.15, 0.2) is 22.5 Å². The van der Waals surface area contributed by atoms with Gasteiger partial charge in [0, 0.05) is 16.8 Å². The Morgan fingerprint density at radius 2 is 1.53 bits per heavy atom. The Hall–Kier alpha value is -4.31. The first-order valence-corrected chi connectivity index (χ1v) is 12.8. The van der Waals surface area contributed by atoms with Gasteiger partial charge in [-0.25, -0.2) is 5.43 Å². The van der Waals surface area contributed by atoms with E-state index >= 15 is 0 Å². The summed E-state index contributed by atoms with van der Waals surface area (Å²) in [4.78, 5) is 12.6. The normalized spacial score (nSPS) is 11.0. The number of hydrazone groups is 1. The van der Waals surface area contributed by atoms with Crippen LogP contribution in [0.25, 0.3) is 17.1 Å². The molecule has 0 bridgehead atoms. The van der Waals surface area contributed by atoms with Gasteiger partial charge in [-0.1, -0.05) is 59.3 Å². The average Bonchev–Trinajstić information content (AvgIpc) is 3.36. The minimum absolute atomic E-state index is 0.102. The van der Waals surface area contributed by atoms with Crippen LogP contribution in [0.1, 0.15) is 16.7 Å². The Morgan fingerprint density at radius 3 is 2.11 bits per heavy atom. The number of hydrogen-bond donors (Lipinski definition) is 1. The van der Waals surface area contributed by atoms with Gasteiger partial charge in [0.05, 0.1) is 33.3 Å². The van der Waals surface area contributed by atoms with Crippen LogP contribution in [-0.2, 0) is 4.79 Å². The van der Waals surface area contributed by atoms with Crippen molar-refractivity contribution in [2.24, 2.45) is 5.10 Å². The number of hydrogen-bond acceptors (Lipinski definition) is 8. The molecule has 0 aliphatic heterocycles. The molecular formula is C28H29N5O4S. The molecule has 0 fully saturated rings. The summed E-state index contributed by atoms with van der Waals surface area (Å²) < 4.78 is 18.0. The van der Waals surface area contributed by atoms with Crippen molar-refractivity contribution in [2.45, 2.75) is 19.0 Å². The first-order chi connectivity index (χ1) is 18.4. The highest BCUT2D eigenvalue weighted by molar-refractivity contribution is 7.99. The number of thioether (sulfide) groups is 1. The third-order valence-electron chi connectivity index (χ3n) is 5.66. The minimum atomic E-state index is -0.283. The summed E-state index contributed by atoms with van der Waals surface area (Å²) in [6, 6.07) is 19.7. The van der Waals surface area contributed by atoms with Crippen molar-refractivity contribution in [3.63, 3.8) is 0 Å². The third-order valence-corrected chi connectivity index (χ3v) is 6.59. The molecule has 0 atom stereocenters. The van der Waals surface area contributed by atoms with Crippen LogP contribution in [0.5, 0.6) is 17.2 Å². The van der Waals surface area contributed by atoms with Gasteiger partial charge in [-0.05, 0) is 38.1 Å². The topological polar surface area (TPSA) is 99.9 Å². The van der Waals surface area contributed by atoms with E-state index < -0.39 is 0 Å². The Labute approximate surface area is 225 Å². The average molecular weight is 532 g/mol. The SMILES string of the molecule is COc1cc(/C=N/NC(=O)CSc2nnc(-c3ccc(C)cc3)n2-c2ccc(C)cc2)cc(OC)c1OC. The zero-order chi connectivity index (χ0) is 27.1. The summed E-state index contributed by atoms with van der Waals surface area (Å²) in [6.45, 7) is 4.08. The molecule has 0 saturated heterocycles. The summed E-state index contributed by atoms with van der Waals surface area (Å²) in [7, 11) is 4.61. The van der Waals surface area contributed by atoms with Gasteiger partial charge in [0.2, 0.25) is 5.75 Å². The van der Waals surface area contributed by atoms with E-state index in [1.54, 1.807) is 12.1 Å². The number of carbonyl (C=O) groups is 1. The molecular weight excluding hydrogens is 502 g/mol. The lowest BCUT2D eigenvalue weighted by Gasteiger charge is -2.12. The van der Waals surface area contributed by atoms with Crippen LogP contribution in [-0.4, -0.2) is 54.0 Å². The van der Waals surface area contributed by atoms with E-state index in [1.807, 2.05) is 66.9 Å². The Morgan fingerprint density at radius 1 is 0.921 bits per heavy atom. The fourth-order valence-electron chi connectivity index (χ4n) is 3.70. The summed E-state index contributed by atoms with van der Waals surface area (Å²) in [5.41, 5.74) is 7.40. The van der Waals surface area contributed by atoms with Crippen molar-refractivity contribution in [1.82, 2.24) is 20.2 Å². The minimum Gasteiger partial charge on any atom is -0.493 e. The van der Waals surface area contributed by atoms with E-state index in [-0.39, 0.29) is 11.7 Å². The van der Waals surface area contributed by atoms with E-state index in [9.17, 15) is 4.79 Å². The molecule has 0 saturated carbocycles. The molecule has 4 rings (SSSR count). The molecule has 1 amide bonds. The van der Waals surface area contributed by atoms with Crippen LogP contribution >= 0.6 is 11.8 Å². The van der Waals surface area contributed by atoms with Crippen LogP contribution in [0.4, 0.5) is 0 Å². The zero-order valence-corrected chi connectivity index (χ0v) is 22.7. The second-order valence-corrected chi connectivity index (χ2v) is 9.33. The maximum atomic E-state index is 12.6. The lowest BCUT2D eigenvalue weighted by molar-refractivity contribution is -0.118. The lowest BCUT2D eigenvalue weighted by Crippen LogP contribution is -2.20. The number of aryl methyl sites for hydroxylation is 2. The van der Waals surface area contributed by atoms with Gasteiger partial charge in [0.1, 0.15) is 0 Å². The molecule has 1 heterocycles. The molecule has 196 valence electrons. The Bertz CT molecular complexity index is 1410. The summed E-state index contributed by atoms with van der Waals surface area (Å²) in [5.74, 6) is 2.00. The first kappa shape index (κ1) is 26.7. The summed E-state index contributed by atoms with van der Waals surface area (Å²) in [5, 5.41) is 13.5. The van der Waals surface area contributed by atoms with Crippen LogP contribution in [0.2, 0.25) is 0 Å². The standard InChI is InChI=1S/C28H29N5O4S/c1-18-6-10-21(11-7-18)27-31-32-28(33(27)22-12-8-19(2)9-13-22)38-17-25(34)30-29-16-20-14-23(35-3)26(37-5)24(15-20)36-4/h6-16H,17H2,1-5H3,(H,30,34)/b29-16+. The first-order valence-electron chi connectivity index (χ1n) is 11.8. The van der Waals surface area contributed by atoms with Crippen molar-refractivity contribution in [2.75, 3.05) is 27.1 Å². The maximum absolute atomic E-state index is 12.6. The molecule has 1 N–H and O–H groups in total. The summed E-state index contributed by atoms with van der Waals surface area (Å²) >= 11 is 1.28. The molecule has 0 radical (unpaired) electrons. The van der Waals surface area contributed by atoms with Crippen LogP contribution in [0.3, 0.4) is 0 Å². The number of nitrogens with zero attached hydrogens (tertiary/aromatic N) is 4. The Kier molecular flexibility index (Phi) is 8.65. The number of amides is 1. The van der Waals surface area contributed by atoms with Crippen molar-refractivity contribution in [3.05, 3.63) is 77.4 Å². The predicted octanol–water partition coefficient (Wildman–Crippen LogP) is 4.82. The molecule has 0 unspecified atom stereocenters. The van der Waals surface area contributed by atoms with E-state index in [1.165, 1.54) is 39.3 Å². The fourth-order valence-corrected chi connectivity index (χ4v) is 4.44. The molecule has 10 heteroatoms. The maximum Gasteiger partial charge on any atom is 0.250 e. The molecule has 0 aliphatic carbocycles. The summed E-state index contributed by atoms with van der Waals surface area (Å²) in [6.07, 6.45) is 1.51. The number of aromatic nitrogens is 3. The number of ether oxygens (including phenoxy) is 3. The van der Waals surface area contributed by atoms with Gasteiger partial charge < -0.3 is 14.2 Å². The van der Waals surface area contributed by atoms with E-state index in [2.05, 4.69) is 20.7 Å². The van der Waals surface area contributed by atoms with Crippen molar-refractivity contribution < 1.29 is 19.0 Å². The fraction of sp³-hybridized carbons (Fsp3) is 0.214. The van der Waals surface area contributed by atoms with Crippen LogP contribution in [0, 0.1) is 13.8 Å². The highest BCUT2D eigenvalue weighted by Crippen LogP contribution is 2.37. The number of carbonyl (C=O) groups excluding carboxylic acids is 1. The third kappa shape index (κ3) is 6.15. The van der Waals surface area contributed by atoms with E-state index in [0.29, 0.717) is 33.8 Å². The quantitative estimate of drug-likeness (QED) is 0.178. The highest BCUT2D eigenvalue weighted by Gasteiger charge is 2.17. The zero-order valence-electron chi connectivity index (χ0n) is 21.9. The number of nitrogens with one attached hydrogen (secondary N) is 1. The predicted molar refractivity (Wildman–Crippen MR) is 149 cm³/mol. The highest BCUT2D eigenvalue weighted by atomic mass is 32.2. The van der Waals surface area contributed by atoms with Gasteiger partial charge in [-0.3, -0.25) is 9.36 Å². The molecule has 1 aromatic heterocycles. The molecule has 3 aromatic carbocycles. The van der Waals surface area contributed by atoms with Crippen molar-refractivity contribution in [3.8, 4) is 34.3 Å². The second kappa shape index (κ2) is 12.3. The molecule has 0 aliphatic rings. The van der Waals surface area contributed by atoms with Gasteiger partial charge in [-0.2, -0.15) is 5.10 Å². The largest absolute Gasteiger partial charge is 0.493 e. The lowest BCUT2D eigenvalue weighted by atomic mass is 10.1. The Balaban J connectivity index is 1.49. The van der Waals surface area contributed by atoms with Gasteiger partial charge in [0.25, 0.3) is 5.91 Å². The van der Waals surface area contributed by atoms with Crippen molar-refractivity contribution >= 4 is 23.9 Å². The number of methoxy groups -OCH3 is 3. The second-order valence-electron chi connectivity index (χ2n) is 8.38.